The zero-order chi connectivity index (χ0) is 14.0. The van der Waals surface area contributed by atoms with Crippen LogP contribution in [0.2, 0.25) is 0 Å². The van der Waals surface area contributed by atoms with Crippen molar-refractivity contribution in [1.29, 1.82) is 0 Å². The van der Waals surface area contributed by atoms with E-state index in [4.69, 9.17) is 5.11 Å². The van der Waals surface area contributed by atoms with Crippen molar-refractivity contribution in [2.75, 3.05) is 13.1 Å². The summed E-state index contributed by atoms with van der Waals surface area (Å²) in [4.78, 5) is 12.8. The molecule has 1 aliphatic carbocycles. The van der Waals surface area contributed by atoms with E-state index in [1.165, 1.54) is 6.07 Å². The van der Waals surface area contributed by atoms with Crippen molar-refractivity contribution >= 4 is 5.97 Å². The van der Waals surface area contributed by atoms with Crippen LogP contribution in [-0.4, -0.2) is 39.3 Å². The van der Waals surface area contributed by atoms with Crippen LogP contribution in [0.15, 0.2) is 18.2 Å². The molecule has 1 aromatic carbocycles. The number of hydrogen-bond donors (Lipinski definition) is 3. The van der Waals surface area contributed by atoms with Gasteiger partial charge in [-0.25, -0.2) is 0 Å². The monoisotopic (exact) mass is 265 g/mol. The summed E-state index contributed by atoms with van der Waals surface area (Å²) >= 11 is 0. The number of aliphatic carboxylic acids is 1. The highest BCUT2D eigenvalue weighted by molar-refractivity contribution is 5.69. The Morgan fingerprint density at radius 2 is 1.89 bits per heavy atom. The van der Waals surface area contributed by atoms with Gasteiger partial charge < -0.3 is 15.3 Å². The summed E-state index contributed by atoms with van der Waals surface area (Å²) in [6.07, 6.45) is 2.29. The number of carboxylic acid groups (broad SMARTS) is 1. The molecule has 0 aromatic heterocycles. The smallest absolute Gasteiger partial charge is 0.317 e. The number of phenolic OH excluding ortho intramolecular Hbond substituents is 2. The molecule has 5 nitrogen and oxygen atoms in total. The molecule has 0 bridgehead atoms. The Hall–Kier alpha value is -1.75. The fraction of sp³-hybridized carbons (Fsp3) is 0.500. The lowest BCUT2D eigenvalue weighted by Gasteiger charge is -2.28. The molecule has 0 radical (unpaired) electrons. The predicted octanol–water partition coefficient (Wildman–Crippen LogP) is 1.96. The molecule has 1 aromatic rings. The predicted molar refractivity (Wildman–Crippen MR) is 70.1 cm³/mol. The molecule has 5 heteroatoms. The minimum Gasteiger partial charge on any atom is -0.508 e. The molecule has 0 amide bonds. The van der Waals surface area contributed by atoms with E-state index in [2.05, 4.69) is 0 Å². The zero-order valence-corrected chi connectivity index (χ0v) is 10.9. The van der Waals surface area contributed by atoms with Crippen LogP contribution in [0.5, 0.6) is 11.5 Å². The molecule has 19 heavy (non-hydrogen) atoms. The lowest BCUT2D eigenvalue weighted by atomic mass is 10.1. The first-order valence-electron chi connectivity index (χ1n) is 6.44. The maximum Gasteiger partial charge on any atom is 0.317 e. The molecule has 0 aliphatic heterocycles. The fourth-order valence-corrected chi connectivity index (χ4v) is 2.24. The van der Waals surface area contributed by atoms with Crippen LogP contribution < -0.4 is 0 Å². The van der Waals surface area contributed by atoms with E-state index in [1.807, 2.05) is 11.8 Å². The van der Waals surface area contributed by atoms with Crippen molar-refractivity contribution < 1.29 is 20.1 Å². The highest BCUT2D eigenvalue weighted by Crippen LogP contribution is 2.34. The molecule has 0 saturated heterocycles. The largest absolute Gasteiger partial charge is 0.508 e. The zero-order valence-electron chi connectivity index (χ0n) is 10.9. The second-order valence-electron chi connectivity index (χ2n) is 5.23. The van der Waals surface area contributed by atoms with Gasteiger partial charge in [-0.05, 0) is 43.4 Å². The second kappa shape index (κ2) is 5.48. The third-order valence-electron chi connectivity index (χ3n) is 3.48. The van der Waals surface area contributed by atoms with Gasteiger partial charge in [0, 0.05) is 18.7 Å². The van der Waals surface area contributed by atoms with Crippen molar-refractivity contribution in [3.05, 3.63) is 23.8 Å². The molecule has 3 N–H and O–H groups in total. The van der Waals surface area contributed by atoms with E-state index >= 15 is 0 Å². The summed E-state index contributed by atoms with van der Waals surface area (Å²) in [6, 6.07) is 4.23. The van der Waals surface area contributed by atoms with Gasteiger partial charge >= 0.3 is 5.97 Å². The molecule has 1 atom stereocenters. The summed E-state index contributed by atoms with van der Waals surface area (Å²) in [7, 11) is 0. The summed E-state index contributed by atoms with van der Waals surface area (Å²) in [5.41, 5.74) is 0.722. The van der Waals surface area contributed by atoms with E-state index < -0.39 is 5.97 Å². The van der Waals surface area contributed by atoms with Crippen LogP contribution in [0.4, 0.5) is 0 Å². The maximum atomic E-state index is 10.9. The van der Waals surface area contributed by atoms with Crippen LogP contribution in [0.3, 0.4) is 0 Å². The number of nitrogens with zero attached hydrogens (tertiary/aromatic N) is 1. The average molecular weight is 265 g/mol. The Labute approximate surface area is 112 Å². The molecular formula is C14H19NO4. The van der Waals surface area contributed by atoms with Crippen LogP contribution in [-0.2, 0) is 4.79 Å². The van der Waals surface area contributed by atoms with Gasteiger partial charge in [0.2, 0.25) is 0 Å². The summed E-state index contributed by atoms with van der Waals surface area (Å²) in [6.45, 7) is 2.59. The number of aromatic hydroxyl groups is 2. The van der Waals surface area contributed by atoms with Crippen molar-refractivity contribution in [3.63, 3.8) is 0 Å². The Kier molecular flexibility index (Phi) is 3.95. The van der Waals surface area contributed by atoms with Gasteiger partial charge in [0.05, 0.1) is 6.54 Å². The van der Waals surface area contributed by atoms with Crippen LogP contribution >= 0.6 is 0 Å². The summed E-state index contributed by atoms with van der Waals surface area (Å²) in [5.74, 6) is -0.309. The highest BCUT2D eigenvalue weighted by Gasteiger charge is 2.28. The Morgan fingerprint density at radius 3 is 2.37 bits per heavy atom. The van der Waals surface area contributed by atoms with Crippen LogP contribution in [0, 0.1) is 5.92 Å². The van der Waals surface area contributed by atoms with Gasteiger partial charge in [0.1, 0.15) is 11.5 Å². The molecule has 104 valence electrons. The Balaban J connectivity index is 2.15. The maximum absolute atomic E-state index is 10.9. The van der Waals surface area contributed by atoms with Gasteiger partial charge in [-0.2, -0.15) is 0 Å². The molecule has 2 rings (SSSR count). The standard InChI is InChI=1S/C14H19NO4/c1-9(11-4-12(16)6-13(17)5-11)15(8-14(18)19)7-10-2-3-10/h4-6,9-10,16-17H,2-3,7-8H2,1H3,(H,18,19). The van der Waals surface area contributed by atoms with Gasteiger partial charge in [-0.15, -0.1) is 0 Å². The van der Waals surface area contributed by atoms with E-state index in [1.54, 1.807) is 12.1 Å². The molecule has 1 fully saturated rings. The third-order valence-corrected chi connectivity index (χ3v) is 3.48. The van der Waals surface area contributed by atoms with Gasteiger partial charge in [-0.3, -0.25) is 9.69 Å². The van der Waals surface area contributed by atoms with Crippen LogP contribution in [0.25, 0.3) is 0 Å². The number of hydrogen-bond acceptors (Lipinski definition) is 4. The van der Waals surface area contributed by atoms with E-state index in [0.29, 0.717) is 5.92 Å². The summed E-state index contributed by atoms with van der Waals surface area (Å²) < 4.78 is 0. The van der Waals surface area contributed by atoms with Crippen molar-refractivity contribution in [1.82, 2.24) is 4.90 Å². The van der Waals surface area contributed by atoms with E-state index in [-0.39, 0.29) is 24.1 Å². The minimum atomic E-state index is -0.864. The molecule has 1 aliphatic rings. The fourth-order valence-electron chi connectivity index (χ4n) is 2.24. The lowest BCUT2D eigenvalue weighted by Crippen LogP contribution is -2.34. The van der Waals surface area contributed by atoms with Crippen LogP contribution in [0.1, 0.15) is 31.4 Å². The first-order chi connectivity index (χ1) is 8.95. The Bertz CT molecular complexity index is 450. The molecule has 0 heterocycles. The number of carboxylic acids is 1. The van der Waals surface area contributed by atoms with Crippen molar-refractivity contribution in [3.8, 4) is 11.5 Å². The highest BCUT2D eigenvalue weighted by atomic mass is 16.4. The molecular weight excluding hydrogens is 246 g/mol. The quantitative estimate of drug-likeness (QED) is 0.732. The number of rotatable bonds is 6. The van der Waals surface area contributed by atoms with E-state index in [0.717, 1.165) is 24.9 Å². The van der Waals surface area contributed by atoms with Gasteiger partial charge in [0.25, 0.3) is 0 Å². The van der Waals surface area contributed by atoms with Crippen molar-refractivity contribution in [2.45, 2.75) is 25.8 Å². The average Bonchev–Trinajstić information content (AvgIpc) is 3.09. The second-order valence-corrected chi connectivity index (χ2v) is 5.23. The number of phenols is 2. The van der Waals surface area contributed by atoms with Gasteiger partial charge in [0.15, 0.2) is 0 Å². The Morgan fingerprint density at radius 1 is 1.32 bits per heavy atom. The minimum absolute atomic E-state index is 0.0106. The molecule has 1 saturated carbocycles. The lowest BCUT2D eigenvalue weighted by molar-refractivity contribution is -0.139. The first-order valence-corrected chi connectivity index (χ1v) is 6.44. The topological polar surface area (TPSA) is 81.0 Å². The molecule has 0 spiro atoms. The SMILES string of the molecule is CC(c1cc(O)cc(O)c1)N(CC(=O)O)CC1CC1. The van der Waals surface area contributed by atoms with E-state index in [9.17, 15) is 15.0 Å². The van der Waals surface area contributed by atoms with Gasteiger partial charge in [-0.1, -0.05) is 0 Å². The normalized spacial score (nSPS) is 16.5. The van der Waals surface area contributed by atoms with Crippen molar-refractivity contribution in [2.24, 2.45) is 5.92 Å². The first kappa shape index (κ1) is 13.7. The third kappa shape index (κ3) is 3.86. The number of benzene rings is 1. The molecule has 1 unspecified atom stereocenters. The summed E-state index contributed by atoms with van der Waals surface area (Å²) in [5, 5.41) is 28.0. The number of carbonyl (C=O) groups is 1.